The first-order valence-corrected chi connectivity index (χ1v) is 6.13. The average Bonchev–Trinajstić information content (AvgIpc) is 2.80. The number of nitro groups is 1. The zero-order valence-electron chi connectivity index (χ0n) is 9.08. The van der Waals surface area contributed by atoms with Crippen LogP contribution in [0.25, 0.3) is 0 Å². The Bertz CT molecular complexity index is 546. The minimum absolute atomic E-state index is 0. The largest absolute Gasteiger partial charge is 0.320 e. The molecule has 4 nitrogen and oxygen atoms in total. The quantitative estimate of drug-likeness (QED) is 0.693. The fourth-order valence-corrected chi connectivity index (χ4v) is 2.45. The molecule has 1 heterocycles. The number of rotatable bonds is 3. The number of hydrogen-bond donors (Lipinski definition) is 1. The van der Waals surface area contributed by atoms with Crippen LogP contribution in [0.5, 0.6) is 0 Å². The molecule has 0 bridgehead atoms. The third-order valence-electron chi connectivity index (χ3n) is 2.42. The maximum Gasteiger partial charge on any atom is 0.274 e. The summed E-state index contributed by atoms with van der Waals surface area (Å²) >= 11 is 7.35. The minimum atomic E-state index is -0.527. The zero-order valence-corrected chi connectivity index (χ0v) is 11.5. The third kappa shape index (κ3) is 3.00. The van der Waals surface area contributed by atoms with Gasteiger partial charge in [0.25, 0.3) is 5.69 Å². The van der Waals surface area contributed by atoms with Crippen molar-refractivity contribution in [1.82, 2.24) is 0 Å². The molecule has 18 heavy (non-hydrogen) atoms. The molecule has 1 atom stereocenters. The van der Waals surface area contributed by atoms with Gasteiger partial charge in [-0.1, -0.05) is 11.6 Å². The van der Waals surface area contributed by atoms with Crippen LogP contribution in [-0.4, -0.2) is 4.92 Å². The molecule has 0 saturated carbocycles. The molecule has 2 rings (SSSR count). The van der Waals surface area contributed by atoms with E-state index >= 15 is 0 Å². The van der Waals surface area contributed by atoms with Gasteiger partial charge in [-0.15, -0.1) is 12.4 Å². The fourth-order valence-electron chi connectivity index (χ4n) is 1.57. The summed E-state index contributed by atoms with van der Waals surface area (Å²) in [5.41, 5.74) is 7.28. The number of thiophene rings is 1. The molecule has 96 valence electrons. The van der Waals surface area contributed by atoms with Gasteiger partial charge in [0, 0.05) is 11.1 Å². The Labute approximate surface area is 119 Å². The van der Waals surface area contributed by atoms with Crippen molar-refractivity contribution in [1.29, 1.82) is 0 Å². The van der Waals surface area contributed by atoms with E-state index in [1.54, 1.807) is 6.07 Å². The highest BCUT2D eigenvalue weighted by atomic mass is 35.5. The van der Waals surface area contributed by atoms with Crippen molar-refractivity contribution < 1.29 is 4.92 Å². The molecule has 7 heteroatoms. The molecule has 1 aromatic heterocycles. The summed E-state index contributed by atoms with van der Waals surface area (Å²) in [5.74, 6) is 0. The highest BCUT2D eigenvalue weighted by Gasteiger charge is 2.21. The SMILES string of the molecule is Cl.N[C@H](c1ccsc1)c1cc(Cl)ccc1[N+](=O)[O-]. The highest BCUT2D eigenvalue weighted by Crippen LogP contribution is 2.31. The number of nitrogens with zero attached hydrogens (tertiary/aromatic N) is 1. The topological polar surface area (TPSA) is 69.2 Å². The minimum Gasteiger partial charge on any atom is -0.320 e. The Kier molecular flexibility index (Phi) is 5.10. The predicted octanol–water partition coefficient (Wildman–Crippen LogP) is 3.78. The Morgan fingerprint density at radius 2 is 2.11 bits per heavy atom. The van der Waals surface area contributed by atoms with Crippen molar-refractivity contribution in [3.63, 3.8) is 0 Å². The number of benzene rings is 1. The van der Waals surface area contributed by atoms with Gasteiger partial charge >= 0.3 is 0 Å². The van der Waals surface area contributed by atoms with Crippen molar-refractivity contribution in [2.24, 2.45) is 5.73 Å². The van der Waals surface area contributed by atoms with Crippen molar-refractivity contribution in [3.05, 3.63) is 61.3 Å². The van der Waals surface area contributed by atoms with E-state index in [4.69, 9.17) is 17.3 Å². The summed E-state index contributed by atoms with van der Waals surface area (Å²) in [6.45, 7) is 0. The Balaban J connectivity index is 0.00000162. The molecule has 0 saturated heterocycles. The van der Waals surface area contributed by atoms with E-state index in [1.165, 1.54) is 23.5 Å². The van der Waals surface area contributed by atoms with E-state index in [2.05, 4.69) is 0 Å². The van der Waals surface area contributed by atoms with Crippen LogP contribution in [0.3, 0.4) is 0 Å². The molecule has 2 N–H and O–H groups in total. The first kappa shape index (κ1) is 14.9. The van der Waals surface area contributed by atoms with E-state index in [9.17, 15) is 10.1 Å². The summed E-state index contributed by atoms with van der Waals surface area (Å²) in [7, 11) is 0. The number of hydrogen-bond acceptors (Lipinski definition) is 4. The molecule has 0 aliphatic carbocycles. The summed E-state index contributed by atoms with van der Waals surface area (Å²) < 4.78 is 0. The lowest BCUT2D eigenvalue weighted by atomic mass is 10.0. The second kappa shape index (κ2) is 6.15. The van der Waals surface area contributed by atoms with Crippen LogP contribution in [0.1, 0.15) is 17.2 Å². The van der Waals surface area contributed by atoms with Gasteiger partial charge < -0.3 is 5.73 Å². The summed E-state index contributed by atoms with van der Waals surface area (Å²) in [4.78, 5) is 10.5. The van der Waals surface area contributed by atoms with Crippen LogP contribution in [0.15, 0.2) is 35.0 Å². The standard InChI is InChI=1S/C11H9ClN2O2S.ClH/c12-8-1-2-10(14(15)16)9(5-8)11(13)7-3-4-17-6-7;/h1-6,11H,13H2;1H/t11-;/m1./s1. The van der Waals surface area contributed by atoms with E-state index in [0.717, 1.165) is 5.56 Å². The lowest BCUT2D eigenvalue weighted by Gasteiger charge is -2.11. The van der Waals surface area contributed by atoms with Gasteiger partial charge in [0.2, 0.25) is 0 Å². The molecular formula is C11H10Cl2N2O2S. The zero-order chi connectivity index (χ0) is 12.4. The molecule has 0 aliphatic heterocycles. The molecule has 0 aliphatic rings. The Morgan fingerprint density at radius 1 is 1.39 bits per heavy atom. The van der Waals surface area contributed by atoms with Gasteiger partial charge in [0.05, 0.1) is 16.5 Å². The monoisotopic (exact) mass is 304 g/mol. The maximum atomic E-state index is 10.9. The van der Waals surface area contributed by atoms with Gasteiger partial charge in [-0.25, -0.2) is 0 Å². The van der Waals surface area contributed by atoms with Crippen LogP contribution < -0.4 is 5.73 Å². The highest BCUT2D eigenvalue weighted by molar-refractivity contribution is 7.08. The van der Waals surface area contributed by atoms with Gasteiger partial charge in [-0.05, 0) is 34.5 Å². The van der Waals surface area contributed by atoms with Crippen LogP contribution in [0, 0.1) is 10.1 Å². The number of nitro benzene ring substituents is 1. The van der Waals surface area contributed by atoms with Crippen molar-refractivity contribution in [2.45, 2.75) is 6.04 Å². The summed E-state index contributed by atoms with van der Waals surface area (Å²) in [6, 6.07) is 5.73. The fraction of sp³-hybridized carbons (Fsp3) is 0.0909. The molecule has 0 amide bonds. The number of nitrogens with two attached hydrogens (primary N) is 1. The van der Waals surface area contributed by atoms with Crippen LogP contribution >= 0.6 is 35.3 Å². The molecule has 0 spiro atoms. The van der Waals surface area contributed by atoms with Crippen molar-refractivity contribution in [3.8, 4) is 0 Å². The lowest BCUT2D eigenvalue weighted by Crippen LogP contribution is -2.13. The Morgan fingerprint density at radius 3 is 2.67 bits per heavy atom. The first-order valence-electron chi connectivity index (χ1n) is 4.81. The van der Waals surface area contributed by atoms with Gasteiger partial charge in [0.1, 0.15) is 0 Å². The molecular weight excluding hydrogens is 295 g/mol. The smallest absolute Gasteiger partial charge is 0.274 e. The maximum absolute atomic E-state index is 10.9. The van der Waals surface area contributed by atoms with Gasteiger partial charge in [-0.3, -0.25) is 10.1 Å². The Hall–Kier alpha value is -1.14. The second-order valence-electron chi connectivity index (χ2n) is 3.49. The van der Waals surface area contributed by atoms with Gasteiger partial charge in [0.15, 0.2) is 0 Å². The van der Waals surface area contributed by atoms with Crippen LogP contribution in [0.4, 0.5) is 5.69 Å². The van der Waals surface area contributed by atoms with E-state index in [0.29, 0.717) is 10.6 Å². The predicted molar refractivity (Wildman–Crippen MR) is 75.7 cm³/mol. The van der Waals surface area contributed by atoms with Crippen LogP contribution in [-0.2, 0) is 0 Å². The number of halogens is 2. The molecule has 1 aromatic carbocycles. The van der Waals surface area contributed by atoms with Gasteiger partial charge in [-0.2, -0.15) is 11.3 Å². The van der Waals surface area contributed by atoms with Crippen molar-refractivity contribution in [2.75, 3.05) is 0 Å². The van der Waals surface area contributed by atoms with Crippen LogP contribution in [0.2, 0.25) is 5.02 Å². The molecule has 0 radical (unpaired) electrons. The summed E-state index contributed by atoms with van der Waals surface area (Å²) in [6.07, 6.45) is 0. The third-order valence-corrected chi connectivity index (χ3v) is 3.36. The molecule has 0 fully saturated rings. The lowest BCUT2D eigenvalue weighted by molar-refractivity contribution is -0.385. The van der Waals surface area contributed by atoms with Crippen molar-refractivity contribution >= 4 is 41.0 Å². The van der Waals surface area contributed by atoms with E-state index in [1.807, 2.05) is 16.8 Å². The molecule has 2 aromatic rings. The van der Waals surface area contributed by atoms with E-state index < -0.39 is 11.0 Å². The average molecular weight is 305 g/mol. The summed E-state index contributed by atoms with van der Waals surface area (Å²) in [5, 5.41) is 15.1. The first-order chi connectivity index (χ1) is 8.09. The molecule has 0 unspecified atom stereocenters. The second-order valence-corrected chi connectivity index (χ2v) is 4.71. The van der Waals surface area contributed by atoms with E-state index in [-0.39, 0.29) is 18.1 Å². The normalized spacial score (nSPS) is 11.7.